The van der Waals surface area contributed by atoms with E-state index in [-0.39, 0.29) is 11.8 Å². The van der Waals surface area contributed by atoms with Crippen molar-refractivity contribution in [3.8, 4) is 16.9 Å². The average molecular weight is 471 g/mol. The van der Waals surface area contributed by atoms with Gasteiger partial charge in [-0.2, -0.15) is 0 Å². The molecular weight excluding hydrogens is 444 g/mol. The van der Waals surface area contributed by atoms with Crippen molar-refractivity contribution in [3.63, 3.8) is 0 Å². The Hall–Kier alpha value is -4.13. The van der Waals surface area contributed by atoms with Gasteiger partial charge in [0.05, 0.1) is 18.2 Å². The molecule has 1 fully saturated rings. The number of rotatable bonds is 5. The molecule has 2 N–H and O–H groups in total. The summed E-state index contributed by atoms with van der Waals surface area (Å²) in [5, 5.41) is 12.3. The third kappa shape index (κ3) is 4.62. The number of anilines is 2. The second kappa shape index (κ2) is 9.62. The summed E-state index contributed by atoms with van der Waals surface area (Å²) in [4.78, 5) is 38.9. The molecule has 7 nitrogen and oxygen atoms in total. The molecule has 0 bridgehead atoms. The monoisotopic (exact) mass is 470 g/mol. The maximum absolute atomic E-state index is 12.9. The number of ether oxygens (including phenoxy) is 1. The quantitative estimate of drug-likeness (QED) is 0.482. The van der Waals surface area contributed by atoms with Crippen molar-refractivity contribution in [3.05, 3.63) is 78.4 Å². The molecule has 1 heterocycles. The predicted molar refractivity (Wildman–Crippen MR) is 133 cm³/mol. The highest BCUT2D eigenvalue weighted by atomic mass is 16.5. The number of nitrogens with zero attached hydrogens (tertiary/aromatic N) is 1. The van der Waals surface area contributed by atoms with Crippen LogP contribution in [-0.4, -0.2) is 36.0 Å². The molecule has 1 unspecified atom stereocenters. The first-order valence-corrected chi connectivity index (χ1v) is 11.8. The van der Waals surface area contributed by atoms with E-state index in [2.05, 4.69) is 5.32 Å². The molecular formula is C28H26N2O5. The number of benzene rings is 3. The molecule has 178 valence electrons. The lowest BCUT2D eigenvalue weighted by Gasteiger charge is -2.30. The number of carboxylic acids is 1. The minimum Gasteiger partial charge on any atom is -0.490 e. The number of carboxylic acid groups (broad SMARTS) is 1. The average Bonchev–Trinajstić information content (AvgIpc) is 3.39. The van der Waals surface area contributed by atoms with E-state index < -0.39 is 17.8 Å². The van der Waals surface area contributed by atoms with E-state index in [1.54, 1.807) is 17.0 Å². The van der Waals surface area contributed by atoms with Crippen molar-refractivity contribution in [1.29, 1.82) is 0 Å². The van der Waals surface area contributed by atoms with E-state index in [0.29, 0.717) is 43.0 Å². The van der Waals surface area contributed by atoms with Crippen LogP contribution in [0.4, 0.5) is 16.2 Å². The van der Waals surface area contributed by atoms with Crippen LogP contribution in [0.15, 0.2) is 72.8 Å². The van der Waals surface area contributed by atoms with E-state index in [9.17, 15) is 19.5 Å². The van der Waals surface area contributed by atoms with Gasteiger partial charge in [-0.25, -0.2) is 4.79 Å². The number of amides is 2. The van der Waals surface area contributed by atoms with Gasteiger partial charge < -0.3 is 15.2 Å². The summed E-state index contributed by atoms with van der Waals surface area (Å²) in [5.74, 6) is -1.42. The summed E-state index contributed by atoms with van der Waals surface area (Å²) in [6.45, 7) is 0.832. The molecule has 7 heteroatoms. The predicted octanol–water partition coefficient (Wildman–Crippen LogP) is 5.47. The Kier molecular flexibility index (Phi) is 6.23. The molecule has 3 aromatic rings. The number of nitrogens with one attached hydrogen (secondary N) is 1. The van der Waals surface area contributed by atoms with E-state index in [1.165, 1.54) is 0 Å². The molecule has 1 aliphatic heterocycles. The van der Waals surface area contributed by atoms with Crippen molar-refractivity contribution in [2.45, 2.75) is 19.3 Å². The Morgan fingerprint density at radius 1 is 0.886 bits per heavy atom. The van der Waals surface area contributed by atoms with E-state index in [1.807, 2.05) is 60.7 Å². The van der Waals surface area contributed by atoms with Crippen LogP contribution >= 0.6 is 0 Å². The van der Waals surface area contributed by atoms with Gasteiger partial charge in [0.15, 0.2) is 5.78 Å². The molecule has 35 heavy (non-hydrogen) atoms. The van der Waals surface area contributed by atoms with Crippen LogP contribution < -0.4 is 15.0 Å². The Labute approximate surface area is 203 Å². The number of carbonyl (C=O) groups is 3. The fourth-order valence-electron chi connectivity index (χ4n) is 4.93. The van der Waals surface area contributed by atoms with Gasteiger partial charge >= 0.3 is 12.0 Å². The lowest BCUT2D eigenvalue weighted by Crippen LogP contribution is -2.40. The van der Waals surface area contributed by atoms with Gasteiger partial charge in [-0.05, 0) is 48.2 Å². The van der Waals surface area contributed by atoms with Crippen LogP contribution in [0.3, 0.4) is 0 Å². The second-order valence-electron chi connectivity index (χ2n) is 8.90. The van der Waals surface area contributed by atoms with Gasteiger partial charge in [0.1, 0.15) is 12.4 Å². The highest BCUT2D eigenvalue weighted by Crippen LogP contribution is 2.37. The SMILES string of the molecule is O=C(c1ccc(-c2ccc3c(c2)OCCN3C(=O)Nc2ccccc2)cc1)C1CCC[C@H]1C(=O)O. The topological polar surface area (TPSA) is 95.9 Å². The third-order valence-electron chi connectivity index (χ3n) is 6.77. The Bertz CT molecular complexity index is 1260. The minimum atomic E-state index is -0.891. The fourth-order valence-corrected chi connectivity index (χ4v) is 4.93. The summed E-state index contributed by atoms with van der Waals surface area (Å²) in [7, 11) is 0. The molecule has 0 radical (unpaired) electrons. The standard InChI is InChI=1S/C28H26N2O5/c31-26(22-7-4-8-23(22)27(32)33)19-11-9-18(10-12-19)20-13-14-24-25(17-20)35-16-15-30(24)28(34)29-21-5-2-1-3-6-21/h1-3,5-6,9-14,17,22-23H,4,7-8,15-16H2,(H,29,34)(H,32,33)/t22?,23-/m1/s1. The zero-order chi connectivity index (χ0) is 24.4. The molecule has 1 saturated carbocycles. The number of Topliss-reactive ketones (excluding diaryl/α,β-unsaturated/α-hetero) is 1. The highest BCUT2D eigenvalue weighted by molar-refractivity contribution is 6.03. The van der Waals surface area contributed by atoms with Crippen molar-refractivity contribution in [1.82, 2.24) is 0 Å². The van der Waals surface area contributed by atoms with E-state index in [0.717, 1.165) is 23.2 Å². The smallest absolute Gasteiger partial charge is 0.326 e. The van der Waals surface area contributed by atoms with Crippen molar-refractivity contribution >= 4 is 29.2 Å². The molecule has 2 aliphatic rings. The van der Waals surface area contributed by atoms with Gasteiger partial charge in [0, 0.05) is 17.2 Å². The normalized spacial score (nSPS) is 18.9. The first-order chi connectivity index (χ1) is 17.0. The number of para-hydroxylation sites is 1. The van der Waals surface area contributed by atoms with Crippen LogP contribution in [-0.2, 0) is 4.79 Å². The Morgan fingerprint density at radius 2 is 1.60 bits per heavy atom. The minimum absolute atomic E-state index is 0.102. The Morgan fingerprint density at radius 3 is 2.34 bits per heavy atom. The summed E-state index contributed by atoms with van der Waals surface area (Å²) in [6.07, 6.45) is 1.94. The lowest BCUT2D eigenvalue weighted by atomic mass is 9.88. The van der Waals surface area contributed by atoms with Gasteiger partial charge in [-0.3, -0.25) is 14.5 Å². The van der Waals surface area contributed by atoms with E-state index >= 15 is 0 Å². The van der Waals surface area contributed by atoms with Gasteiger partial charge in [-0.15, -0.1) is 0 Å². The summed E-state index contributed by atoms with van der Waals surface area (Å²) < 4.78 is 5.85. The maximum Gasteiger partial charge on any atom is 0.326 e. The molecule has 2 amide bonds. The molecule has 2 atom stereocenters. The number of fused-ring (bicyclic) bond motifs is 1. The van der Waals surface area contributed by atoms with Gasteiger partial charge in [0.25, 0.3) is 0 Å². The number of hydrogen-bond acceptors (Lipinski definition) is 4. The molecule has 1 aliphatic carbocycles. The van der Waals surface area contributed by atoms with Crippen LogP contribution in [0.5, 0.6) is 5.75 Å². The number of aliphatic carboxylic acids is 1. The lowest BCUT2D eigenvalue weighted by molar-refractivity contribution is -0.142. The first kappa shape index (κ1) is 22.7. The molecule has 0 spiro atoms. The maximum atomic E-state index is 12.9. The van der Waals surface area contributed by atoms with Crippen LogP contribution in [0.1, 0.15) is 29.6 Å². The third-order valence-corrected chi connectivity index (χ3v) is 6.77. The van der Waals surface area contributed by atoms with Crippen molar-refractivity contribution < 1.29 is 24.2 Å². The molecule has 5 rings (SSSR count). The highest BCUT2D eigenvalue weighted by Gasteiger charge is 2.38. The van der Waals surface area contributed by atoms with Crippen LogP contribution in [0.2, 0.25) is 0 Å². The van der Waals surface area contributed by atoms with Crippen molar-refractivity contribution in [2.24, 2.45) is 11.8 Å². The van der Waals surface area contributed by atoms with E-state index in [4.69, 9.17) is 4.74 Å². The molecule has 3 aromatic carbocycles. The van der Waals surface area contributed by atoms with Gasteiger partial charge in [0.2, 0.25) is 0 Å². The number of hydrogen-bond donors (Lipinski definition) is 2. The summed E-state index contributed by atoms with van der Waals surface area (Å²) in [6, 6.07) is 22.0. The van der Waals surface area contributed by atoms with Crippen LogP contribution in [0.25, 0.3) is 11.1 Å². The fraction of sp³-hybridized carbons (Fsp3) is 0.250. The van der Waals surface area contributed by atoms with Gasteiger partial charge in [-0.1, -0.05) is 55.0 Å². The second-order valence-corrected chi connectivity index (χ2v) is 8.90. The van der Waals surface area contributed by atoms with Crippen LogP contribution in [0, 0.1) is 11.8 Å². The first-order valence-electron chi connectivity index (χ1n) is 11.8. The molecule has 0 aromatic heterocycles. The number of ketones is 1. The largest absolute Gasteiger partial charge is 0.490 e. The summed E-state index contributed by atoms with van der Waals surface area (Å²) in [5.41, 5.74) is 3.76. The zero-order valence-corrected chi connectivity index (χ0v) is 19.1. The zero-order valence-electron chi connectivity index (χ0n) is 19.1. The van der Waals surface area contributed by atoms with Crippen molar-refractivity contribution in [2.75, 3.05) is 23.4 Å². The summed E-state index contributed by atoms with van der Waals surface area (Å²) >= 11 is 0. The Balaban J connectivity index is 1.33. The number of urea groups is 1. The molecule has 0 saturated heterocycles. The number of carbonyl (C=O) groups excluding carboxylic acids is 2.